The summed E-state index contributed by atoms with van der Waals surface area (Å²) < 4.78 is 24.9. The minimum absolute atomic E-state index is 0.129. The molecule has 92 valence electrons. The van der Waals surface area contributed by atoms with Crippen LogP contribution < -0.4 is 0 Å². The van der Waals surface area contributed by atoms with Crippen LogP contribution in [-0.2, 0) is 11.2 Å². The van der Waals surface area contributed by atoms with Crippen molar-refractivity contribution in [2.45, 2.75) is 12.8 Å². The molecule has 0 saturated carbocycles. The van der Waals surface area contributed by atoms with Crippen molar-refractivity contribution in [2.24, 2.45) is 0 Å². The first kappa shape index (κ1) is 13.4. The number of rotatable bonds is 4. The molecule has 0 aromatic carbocycles. The van der Waals surface area contributed by atoms with Crippen molar-refractivity contribution in [1.29, 1.82) is 0 Å². The Morgan fingerprint density at radius 1 is 1.65 bits per heavy atom. The van der Waals surface area contributed by atoms with E-state index < -0.39 is 35.0 Å². The highest BCUT2D eigenvalue weighted by Crippen LogP contribution is 2.34. The maximum absolute atomic E-state index is 12.5. The molecule has 1 aromatic heterocycles. The normalized spacial score (nSPS) is 10.6. The van der Waals surface area contributed by atoms with E-state index in [1.165, 1.54) is 0 Å². The highest BCUT2D eigenvalue weighted by atomic mass is 79.9. The summed E-state index contributed by atoms with van der Waals surface area (Å²) in [4.78, 5) is 23.7. The van der Waals surface area contributed by atoms with E-state index in [-0.39, 0.29) is 10.2 Å². The summed E-state index contributed by atoms with van der Waals surface area (Å²) in [6.07, 6.45) is -3.20. The van der Waals surface area contributed by atoms with Crippen molar-refractivity contribution < 1.29 is 23.6 Å². The van der Waals surface area contributed by atoms with Crippen molar-refractivity contribution in [3.63, 3.8) is 0 Å². The average molecular weight is 311 g/mol. The van der Waals surface area contributed by atoms with Crippen LogP contribution in [0.2, 0.25) is 0 Å². The minimum atomic E-state index is -3.09. The van der Waals surface area contributed by atoms with Gasteiger partial charge in [0.05, 0.1) is 16.9 Å². The lowest BCUT2D eigenvalue weighted by Gasteiger charge is -2.07. The maximum atomic E-state index is 12.5. The molecule has 0 spiro atoms. The van der Waals surface area contributed by atoms with Gasteiger partial charge in [-0.15, -0.1) is 0 Å². The number of nitro groups is 1. The summed E-state index contributed by atoms with van der Waals surface area (Å²) in [5.74, 6) is -1.37. The van der Waals surface area contributed by atoms with E-state index in [2.05, 4.69) is 20.9 Å². The molecule has 1 rings (SSSR count). The lowest BCUT2D eigenvalue weighted by Crippen LogP contribution is -2.08. The van der Waals surface area contributed by atoms with Gasteiger partial charge in [-0.05, 0) is 15.9 Å². The monoisotopic (exact) mass is 310 g/mol. The lowest BCUT2D eigenvalue weighted by molar-refractivity contribution is -0.387. The van der Waals surface area contributed by atoms with Crippen LogP contribution in [0.4, 0.5) is 14.5 Å². The van der Waals surface area contributed by atoms with E-state index in [0.29, 0.717) is 6.20 Å². The Morgan fingerprint density at radius 2 is 2.24 bits per heavy atom. The Bertz CT molecular complexity index is 481. The number of halogens is 3. The van der Waals surface area contributed by atoms with Gasteiger partial charge in [0, 0.05) is 6.20 Å². The number of carboxylic acids is 1. The molecule has 6 nitrogen and oxygen atoms in total. The second kappa shape index (κ2) is 5.13. The van der Waals surface area contributed by atoms with E-state index in [9.17, 15) is 23.7 Å². The fourth-order valence-corrected chi connectivity index (χ4v) is 1.65. The number of hydrogen-bond donors (Lipinski definition) is 1. The second-order valence-corrected chi connectivity index (χ2v) is 3.71. The van der Waals surface area contributed by atoms with Crippen LogP contribution in [0.15, 0.2) is 10.8 Å². The average Bonchev–Trinajstić information content (AvgIpc) is 2.19. The number of aromatic nitrogens is 1. The Hall–Kier alpha value is -1.64. The summed E-state index contributed by atoms with van der Waals surface area (Å²) in [5, 5.41) is 19.3. The zero-order chi connectivity index (χ0) is 13.2. The quantitative estimate of drug-likeness (QED) is 0.523. The van der Waals surface area contributed by atoms with Gasteiger partial charge in [0.25, 0.3) is 12.1 Å². The topological polar surface area (TPSA) is 93.3 Å². The Labute approximate surface area is 102 Å². The first-order chi connectivity index (χ1) is 7.84. The van der Waals surface area contributed by atoms with Crippen LogP contribution in [0.3, 0.4) is 0 Å². The molecule has 1 aromatic rings. The molecule has 0 aliphatic heterocycles. The number of nitrogens with zero attached hydrogens (tertiary/aromatic N) is 2. The fraction of sp³-hybridized carbons (Fsp3) is 0.250. The molecular weight excluding hydrogens is 306 g/mol. The van der Waals surface area contributed by atoms with Crippen LogP contribution in [-0.4, -0.2) is 21.0 Å². The number of hydrogen-bond acceptors (Lipinski definition) is 4. The van der Waals surface area contributed by atoms with E-state index in [4.69, 9.17) is 5.11 Å². The SMILES string of the molecule is O=C(O)Cc1c(Br)ncc(C(F)F)c1[N+](=O)[O-]. The largest absolute Gasteiger partial charge is 0.481 e. The van der Waals surface area contributed by atoms with Crippen molar-refractivity contribution in [3.05, 3.63) is 32.0 Å². The number of aliphatic carboxylic acids is 1. The van der Waals surface area contributed by atoms with Gasteiger partial charge in [-0.3, -0.25) is 14.9 Å². The minimum Gasteiger partial charge on any atom is -0.481 e. The predicted octanol–water partition coefficient (Wildman–Crippen LogP) is 2.32. The number of carboxylic acid groups (broad SMARTS) is 1. The zero-order valence-electron chi connectivity index (χ0n) is 8.06. The van der Waals surface area contributed by atoms with Crippen LogP contribution in [0.5, 0.6) is 0 Å². The van der Waals surface area contributed by atoms with Crippen molar-refractivity contribution in [2.75, 3.05) is 0 Å². The molecule has 0 unspecified atom stereocenters. The summed E-state index contributed by atoms with van der Waals surface area (Å²) >= 11 is 2.80. The van der Waals surface area contributed by atoms with Crippen molar-refractivity contribution in [3.8, 4) is 0 Å². The highest BCUT2D eigenvalue weighted by molar-refractivity contribution is 9.10. The molecule has 0 aliphatic carbocycles. The van der Waals surface area contributed by atoms with Gasteiger partial charge in [-0.2, -0.15) is 0 Å². The van der Waals surface area contributed by atoms with E-state index in [1.54, 1.807) is 0 Å². The molecule has 1 N–H and O–H groups in total. The Morgan fingerprint density at radius 3 is 2.65 bits per heavy atom. The number of alkyl halides is 2. The third-order valence-corrected chi connectivity index (χ3v) is 2.55. The summed E-state index contributed by atoms with van der Waals surface area (Å²) in [7, 11) is 0. The van der Waals surface area contributed by atoms with Gasteiger partial charge in [0.2, 0.25) is 0 Å². The van der Waals surface area contributed by atoms with Crippen LogP contribution in [0.1, 0.15) is 17.6 Å². The first-order valence-electron chi connectivity index (χ1n) is 4.16. The lowest BCUT2D eigenvalue weighted by atomic mass is 10.1. The van der Waals surface area contributed by atoms with E-state index >= 15 is 0 Å². The molecule has 0 bridgehead atoms. The fourth-order valence-electron chi connectivity index (χ4n) is 1.22. The van der Waals surface area contributed by atoms with Gasteiger partial charge >= 0.3 is 5.97 Å². The van der Waals surface area contributed by atoms with Gasteiger partial charge in [0.15, 0.2) is 0 Å². The molecule has 17 heavy (non-hydrogen) atoms. The summed E-state index contributed by atoms with van der Waals surface area (Å²) in [6, 6.07) is 0. The van der Waals surface area contributed by atoms with Crippen LogP contribution in [0.25, 0.3) is 0 Å². The molecule has 0 atom stereocenters. The highest BCUT2D eigenvalue weighted by Gasteiger charge is 2.29. The zero-order valence-corrected chi connectivity index (χ0v) is 9.65. The van der Waals surface area contributed by atoms with Crippen molar-refractivity contribution >= 4 is 27.6 Å². The van der Waals surface area contributed by atoms with Crippen LogP contribution in [0, 0.1) is 10.1 Å². The van der Waals surface area contributed by atoms with Crippen molar-refractivity contribution in [1.82, 2.24) is 4.98 Å². The number of carbonyl (C=O) groups is 1. The van der Waals surface area contributed by atoms with Gasteiger partial charge in [-0.1, -0.05) is 0 Å². The third kappa shape index (κ3) is 2.93. The number of pyridine rings is 1. The summed E-state index contributed by atoms with van der Waals surface area (Å²) in [6.45, 7) is 0. The van der Waals surface area contributed by atoms with E-state index in [0.717, 1.165) is 0 Å². The molecule has 0 aliphatic rings. The van der Waals surface area contributed by atoms with Gasteiger partial charge in [0.1, 0.15) is 10.2 Å². The van der Waals surface area contributed by atoms with E-state index in [1.807, 2.05) is 0 Å². The molecule has 0 radical (unpaired) electrons. The second-order valence-electron chi connectivity index (χ2n) is 2.96. The molecule has 1 heterocycles. The molecule has 0 amide bonds. The summed E-state index contributed by atoms with van der Waals surface area (Å²) in [5.41, 5.74) is -2.18. The van der Waals surface area contributed by atoms with Gasteiger partial charge in [-0.25, -0.2) is 13.8 Å². The Kier molecular flexibility index (Phi) is 4.05. The molecule has 9 heteroatoms. The standard InChI is InChI=1S/C8H5BrF2N2O4/c9-7-3(1-5(14)15)6(13(16)17)4(2-12-7)8(10)11/h2,8H,1H2,(H,14,15). The maximum Gasteiger partial charge on any atom is 0.308 e. The third-order valence-electron chi connectivity index (χ3n) is 1.87. The Balaban J connectivity index is 3.48. The predicted molar refractivity (Wildman–Crippen MR) is 54.9 cm³/mol. The first-order valence-corrected chi connectivity index (χ1v) is 4.95. The molecule has 0 fully saturated rings. The smallest absolute Gasteiger partial charge is 0.308 e. The van der Waals surface area contributed by atoms with Gasteiger partial charge < -0.3 is 5.11 Å². The molecule has 0 saturated heterocycles. The van der Waals surface area contributed by atoms with Crippen LogP contribution >= 0.6 is 15.9 Å². The molecular formula is C8H5BrF2N2O4.